The Morgan fingerprint density at radius 3 is 2.44 bits per heavy atom. The summed E-state index contributed by atoms with van der Waals surface area (Å²) in [5.74, 6) is 0.948. The summed E-state index contributed by atoms with van der Waals surface area (Å²) in [6.45, 7) is 3.11. The molecule has 1 N–H and O–H groups in total. The van der Waals surface area contributed by atoms with Crippen molar-refractivity contribution >= 4 is 10.8 Å². The van der Waals surface area contributed by atoms with Crippen molar-refractivity contribution in [2.24, 2.45) is 0 Å². The van der Waals surface area contributed by atoms with Crippen molar-refractivity contribution in [2.75, 3.05) is 13.7 Å². The van der Waals surface area contributed by atoms with Gasteiger partial charge in [0.2, 0.25) is 0 Å². The monoisotopic (exact) mass is 333 g/mol. The molecule has 1 aliphatic rings. The molecule has 1 aliphatic heterocycles. The van der Waals surface area contributed by atoms with Crippen LogP contribution in [0.3, 0.4) is 0 Å². The molecule has 0 radical (unpaired) electrons. The lowest BCUT2D eigenvalue weighted by atomic mass is 9.98. The number of benzene rings is 3. The van der Waals surface area contributed by atoms with Gasteiger partial charge in [0.15, 0.2) is 0 Å². The second-order valence-electron chi connectivity index (χ2n) is 6.77. The van der Waals surface area contributed by atoms with Gasteiger partial charge in [-0.05, 0) is 63.7 Å². The van der Waals surface area contributed by atoms with E-state index in [-0.39, 0.29) is 6.61 Å². The Morgan fingerprint density at radius 1 is 0.920 bits per heavy atom. The molecule has 4 rings (SSSR count). The van der Waals surface area contributed by atoms with Gasteiger partial charge in [-0.25, -0.2) is 0 Å². The molecule has 128 valence electrons. The fourth-order valence-electron chi connectivity index (χ4n) is 3.65. The van der Waals surface area contributed by atoms with Crippen molar-refractivity contribution in [1.82, 2.24) is 4.90 Å². The number of hydrogen-bond donors (Lipinski definition) is 1. The van der Waals surface area contributed by atoms with Crippen LogP contribution in [0.25, 0.3) is 10.8 Å². The quantitative estimate of drug-likeness (QED) is 0.786. The van der Waals surface area contributed by atoms with Gasteiger partial charge < -0.3 is 9.84 Å². The van der Waals surface area contributed by atoms with Gasteiger partial charge in [0.05, 0.1) is 13.7 Å². The second-order valence-corrected chi connectivity index (χ2v) is 6.77. The van der Waals surface area contributed by atoms with E-state index in [9.17, 15) is 5.11 Å². The lowest BCUT2D eigenvalue weighted by Crippen LogP contribution is -2.30. The first kappa shape index (κ1) is 16.1. The van der Waals surface area contributed by atoms with E-state index < -0.39 is 0 Å². The van der Waals surface area contributed by atoms with Gasteiger partial charge in [-0.1, -0.05) is 30.3 Å². The molecule has 0 bridgehead atoms. The highest BCUT2D eigenvalue weighted by Crippen LogP contribution is 2.25. The minimum atomic E-state index is 0.0929. The standard InChI is InChI=1S/C22H23NO2/c1-25-22-7-6-21-14-23(9-8-20(21)12-22)13-16-2-4-19-11-17(15-24)3-5-18(19)10-16/h2-7,10-12,24H,8-9,13-15H2,1H3. The molecule has 0 aromatic heterocycles. The third-order valence-electron chi connectivity index (χ3n) is 5.06. The summed E-state index contributed by atoms with van der Waals surface area (Å²) < 4.78 is 5.33. The molecular weight excluding hydrogens is 310 g/mol. The molecule has 0 atom stereocenters. The Morgan fingerprint density at radius 2 is 1.68 bits per heavy atom. The largest absolute Gasteiger partial charge is 0.497 e. The molecule has 0 aliphatic carbocycles. The molecule has 0 saturated heterocycles. The van der Waals surface area contributed by atoms with Gasteiger partial charge in [-0.3, -0.25) is 4.90 Å². The van der Waals surface area contributed by atoms with Crippen LogP contribution in [0.5, 0.6) is 5.75 Å². The first-order chi connectivity index (χ1) is 12.2. The zero-order valence-electron chi connectivity index (χ0n) is 14.5. The van der Waals surface area contributed by atoms with Crippen molar-refractivity contribution in [3.63, 3.8) is 0 Å². The van der Waals surface area contributed by atoms with Crippen LogP contribution in [0.1, 0.15) is 22.3 Å². The van der Waals surface area contributed by atoms with E-state index in [0.717, 1.165) is 37.4 Å². The smallest absolute Gasteiger partial charge is 0.119 e. The average Bonchev–Trinajstić information content (AvgIpc) is 2.67. The number of aliphatic hydroxyl groups is 1. The van der Waals surface area contributed by atoms with Crippen LogP contribution in [0.4, 0.5) is 0 Å². The molecule has 3 aromatic rings. The van der Waals surface area contributed by atoms with Gasteiger partial charge in [0.1, 0.15) is 5.75 Å². The summed E-state index contributed by atoms with van der Waals surface area (Å²) in [7, 11) is 1.72. The van der Waals surface area contributed by atoms with Crippen LogP contribution in [-0.2, 0) is 26.1 Å². The van der Waals surface area contributed by atoms with Crippen LogP contribution in [0, 0.1) is 0 Å². The van der Waals surface area contributed by atoms with E-state index in [1.54, 1.807) is 7.11 Å². The molecule has 0 unspecified atom stereocenters. The van der Waals surface area contributed by atoms with Crippen LogP contribution >= 0.6 is 0 Å². The van der Waals surface area contributed by atoms with Crippen LogP contribution in [-0.4, -0.2) is 23.7 Å². The summed E-state index contributed by atoms with van der Waals surface area (Å²) in [4.78, 5) is 2.50. The van der Waals surface area contributed by atoms with E-state index in [0.29, 0.717) is 0 Å². The van der Waals surface area contributed by atoms with Crippen LogP contribution in [0.15, 0.2) is 54.6 Å². The SMILES string of the molecule is COc1ccc2c(c1)CCN(Cc1ccc3cc(CO)ccc3c1)C2. The molecule has 1 heterocycles. The minimum Gasteiger partial charge on any atom is -0.497 e. The predicted octanol–water partition coefficient (Wildman–Crippen LogP) is 3.90. The van der Waals surface area contributed by atoms with Gasteiger partial charge in [0.25, 0.3) is 0 Å². The molecule has 3 aromatic carbocycles. The lowest BCUT2D eigenvalue weighted by molar-refractivity contribution is 0.245. The number of methoxy groups -OCH3 is 1. The summed E-state index contributed by atoms with van der Waals surface area (Å²) in [6.07, 6.45) is 1.07. The average molecular weight is 333 g/mol. The fraction of sp³-hybridized carbons (Fsp3) is 0.273. The zero-order valence-corrected chi connectivity index (χ0v) is 14.5. The highest BCUT2D eigenvalue weighted by Gasteiger charge is 2.17. The van der Waals surface area contributed by atoms with Gasteiger partial charge >= 0.3 is 0 Å². The van der Waals surface area contributed by atoms with E-state index in [1.165, 1.54) is 27.5 Å². The topological polar surface area (TPSA) is 32.7 Å². The first-order valence-electron chi connectivity index (χ1n) is 8.76. The molecule has 0 amide bonds. The Balaban J connectivity index is 1.51. The van der Waals surface area contributed by atoms with Gasteiger partial charge in [-0.2, -0.15) is 0 Å². The van der Waals surface area contributed by atoms with Crippen molar-refractivity contribution in [1.29, 1.82) is 0 Å². The molecule has 0 spiro atoms. The minimum absolute atomic E-state index is 0.0929. The second kappa shape index (κ2) is 6.87. The maximum Gasteiger partial charge on any atom is 0.119 e. The summed E-state index contributed by atoms with van der Waals surface area (Å²) in [5, 5.41) is 11.7. The van der Waals surface area contributed by atoms with Crippen molar-refractivity contribution in [3.8, 4) is 5.75 Å². The summed E-state index contributed by atoms with van der Waals surface area (Å²) >= 11 is 0. The normalized spacial score (nSPS) is 14.5. The summed E-state index contributed by atoms with van der Waals surface area (Å²) in [5.41, 5.74) is 5.11. The van der Waals surface area contributed by atoms with Gasteiger partial charge in [-0.15, -0.1) is 0 Å². The Kier molecular flexibility index (Phi) is 4.43. The molecular formula is C22H23NO2. The van der Waals surface area contributed by atoms with E-state index >= 15 is 0 Å². The van der Waals surface area contributed by atoms with Crippen LogP contribution < -0.4 is 4.74 Å². The molecule has 3 nitrogen and oxygen atoms in total. The van der Waals surface area contributed by atoms with Crippen molar-refractivity contribution < 1.29 is 9.84 Å². The Hall–Kier alpha value is -2.36. The lowest BCUT2D eigenvalue weighted by Gasteiger charge is -2.29. The molecule has 0 saturated carbocycles. The molecule has 25 heavy (non-hydrogen) atoms. The zero-order chi connectivity index (χ0) is 17.2. The molecule has 3 heteroatoms. The van der Waals surface area contributed by atoms with E-state index in [2.05, 4.69) is 53.4 Å². The molecule has 0 fully saturated rings. The Bertz CT molecular complexity index is 904. The maximum atomic E-state index is 9.27. The van der Waals surface area contributed by atoms with E-state index in [4.69, 9.17) is 4.74 Å². The summed E-state index contributed by atoms with van der Waals surface area (Å²) in [6, 6.07) is 19.2. The van der Waals surface area contributed by atoms with Crippen LogP contribution in [0.2, 0.25) is 0 Å². The van der Waals surface area contributed by atoms with E-state index in [1.807, 2.05) is 6.07 Å². The number of nitrogens with zero attached hydrogens (tertiary/aromatic N) is 1. The maximum absolute atomic E-state index is 9.27. The third-order valence-corrected chi connectivity index (χ3v) is 5.06. The predicted molar refractivity (Wildman–Crippen MR) is 101 cm³/mol. The highest BCUT2D eigenvalue weighted by atomic mass is 16.5. The number of ether oxygens (including phenoxy) is 1. The number of hydrogen-bond acceptors (Lipinski definition) is 3. The highest BCUT2D eigenvalue weighted by molar-refractivity contribution is 5.83. The first-order valence-corrected chi connectivity index (χ1v) is 8.76. The van der Waals surface area contributed by atoms with Crippen molar-refractivity contribution in [2.45, 2.75) is 26.1 Å². The third kappa shape index (κ3) is 3.39. The van der Waals surface area contributed by atoms with Crippen molar-refractivity contribution in [3.05, 3.63) is 76.9 Å². The Labute approximate surface area is 148 Å². The fourth-order valence-corrected chi connectivity index (χ4v) is 3.65. The number of rotatable bonds is 4. The number of fused-ring (bicyclic) bond motifs is 2. The van der Waals surface area contributed by atoms with Gasteiger partial charge in [0, 0.05) is 19.6 Å². The number of aliphatic hydroxyl groups excluding tert-OH is 1.